The van der Waals surface area contributed by atoms with Crippen molar-refractivity contribution in [2.45, 2.75) is 59.1 Å². The number of primary amides is 1. The van der Waals surface area contributed by atoms with Crippen LogP contribution in [0.5, 0.6) is 5.75 Å². The number of hydrogen-bond acceptors (Lipinski definition) is 8. The van der Waals surface area contributed by atoms with E-state index in [1.165, 1.54) is 6.08 Å². The summed E-state index contributed by atoms with van der Waals surface area (Å²) in [6, 6.07) is 1.85. The minimum Gasteiger partial charge on any atom is -0.508 e. The van der Waals surface area contributed by atoms with E-state index in [0.29, 0.717) is 36.3 Å². The number of aliphatic hydroxyl groups excluding tert-OH is 1. The number of fused-ring (bicyclic) bond motifs is 3. The lowest BCUT2D eigenvalue weighted by molar-refractivity contribution is -0.142. The maximum atomic E-state index is 13.9. The largest absolute Gasteiger partial charge is 0.508 e. The standard InChI is InChI=1S/C28H35N3O6/c1-13(30-5)18-10-15(11-31-12-27(2,3)4)22(32)21-19(18)9-14-8-16-6-7-17(26(29)36)24(34)28(16,37)25(35)20(14)23(21)33/h7,10,14,16,31-32,35,37H,6,8-9,11-12H2,1-5H3,(H2,29,36)/b30-13+/t14?,16?,28-/m1/s1. The fraction of sp³-hybridized carbons (Fsp3) is 0.500. The minimum atomic E-state index is -2.41. The molecule has 0 bridgehead atoms. The Morgan fingerprint density at radius 1 is 1.27 bits per heavy atom. The molecule has 3 aliphatic carbocycles. The summed E-state index contributed by atoms with van der Waals surface area (Å²) in [4.78, 5) is 43.1. The number of phenols is 1. The second kappa shape index (κ2) is 9.22. The van der Waals surface area contributed by atoms with Crippen LogP contribution in [0, 0.1) is 17.3 Å². The van der Waals surface area contributed by atoms with Gasteiger partial charge in [-0.1, -0.05) is 26.8 Å². The van der Waals surface area contributed by atoms with Crippen LogP contribution in [0.1, 0.15) is 67.6 Å². The highest BCUT2D eigenvalue weighted by molar-refractivity contribution is 6.24. The molecule has 0 saturated carbocycles. The average molecular weight is 510 g/mol. The summed E-state index contributed by atoms with van der Waals surface area (Å²) in [5, 5.41) is 37.2. The predicted octanol–water partition coefficient (Wildman–Crippen LogP) is 2.27. The molecule has 0 aliphatic heterocycles. The third kappa shape index (κ3) is 4.30. The van der Waals surface area contributed by atoms with Crippen molar-refractivity contribution >= 4 is 23.2 Å². The Kier molecular flexibility index (Phi) is 6.67. The molecule has 0 spiro atoms. The van der Waals surface area contributed by atoms with Crippen molar-refractivity contribution in [1.29, 1.82) is 0 Å². The van der Waals surface area contributed by atoms with Crippen molar-refractivity contribution in [2.75, 3.05) is 13.6 Å². The third-order valence-electron chi connectivity index (χ3n) is 7.75. The molecule has 0 heterocycles. The second-order valence-corrected chi connectivity index (χ2v) is 11.5. The van der Waals surface area contributed by atoms with Crippen molar-refractivity contribution in [2.24, 2.45) is 28.0 Å². The van der Waals surface area contributed by atoms with Gasteiger partial charge in [0.15, 0.2) is 11.4 Å². The van der Waals surface area contributed by atoms with Crippen LogP contribution in [-0.2, 0) is 22.6 Å². The van der Waals surface area contributed by atoms with Gasteiger partial charge in [0.1, 0.15) is 11.5 Å². The number of phenolic OH excluding ortho intramolecular Hbond substituents is 1. The summed E-state index contributed by atoms with van der Waals surface area (Å²) >= 11 is 0. The number of nitrogens with two attached hydrogens (primary N) is 1. The summed E-state index contributed by atoms with van der Waals surface area (Å²) in [6.45, 7) is 9.06. The number of amides is 1. The van der Waals surface area contributed by atoms with Gasteiger partial charge >= 0.3 is 0 Å². The van der Waals surface area contributed by atoms with Gasteiger partial charge in [-0.15, -0.1) is 0 Å². The van der Waals surface area contributed by atoms with Gasteiger partial charge in [-0.25, -0.2) is 0 Å². The maximum absolute atomic E-state index is 13.9. The topological polar surface area (TPSA) is 162 Å². The van der Waals surface area contributed by atoms with E-state index in [4.69, 9.17) is 5.73 Å². The van der Waals surface area contributed by atoms with Gasteiger partial charge < -0.3 is 26.4 Å². The van der Waals surface area contributed by atoms with Crippen molar-refractivity contribution in [3.8, 4) is 5.75 Å². The number of aliphatic imine (C=N–C) groups is 1. The first-order valence-electron chi connectivity index (χ1n) is 12.5. The Morgan fingerprint density at radius 3 is 2.54 bits per heavy atom. The molecule has 2 unspecified atom stereocenters. The van der Waals surface area contributed by atoms with Crippen molar-refractivity contribution in [3.05, 3.63) is 51.3 Å². The van der Waals surface area contributed by atoms with Crippen LogP contribution in [0.4, 0.5) is 0 Å². The van der Waals surface area contributed by atoms with Crippen LogP contribution in [-0.4, -0.2) is 57.7 Å². The monoisotopic (exact) mass is 509 g/mol. The molecule has 3 atom stereocenters. The summed E-state index contributed by atoms with van der Waals surface area (Å²) in [6.07, 6.45) is 2.11. The number of ketones is 2. The Morgan fingerprint density at radius 2 is 1.95 bits per heavy atom. The number of carbonyl (C=O) groups excluding carboxylic acids is 3. The highest BCUT2D eigenvalue weighted by Crippen LogP contribution is 2.51. The molecule has 0 fully saturated rings. The molecule has 0 aromatic heterocycles. The summed E-state index contributed by atoms with van der Waals surface area (Å²) < 4.78 is 0. The van der Waals surface area contributed by atoms with Crippen molar-refractivity contribution in [3.63, 3.8) is 0 Å². The first-order chi connectivity index (χ1) is 17.2. The highest BCUT2D eigenvalue weighted by Gasteiger charge is 2.58. The fourth-order valence-electron chi connectivity index (χ4n) is 5.79. The lowest BCUT2D eigenvalue weighted by Gasteiger charge is -2.45. The van der Waals surface area contributed by atoms with Gasteiger partial charge in [0.25, 0.3) is 5.91 Å². The predicted molar refractivity (Wildman–Crippen MR) is 139 cm³/mol. The number of carbonyl (C=O) groups is 3. The van der Waals surface area contributed by atoms with Crippen molar-refractivity contribution in [1.82, 2.24) is 5.32 Å². The zero-order valence-corrected chi connectivity index (χ0v) is 21.9. The molecule has 4 rings (SSSR count). The average Bonchev–Trinajstić information content (AvgIpc) is 2.81. The van der Waals surface area contributed by atoms with E-state index in [9.17, 15) is 29.7 Å². The molecular formula is C28H35N3O6. The number of benzene rings is 1. The van der Waals surface area contributed by atoms with Gasteiger partial charge in [-0.05, 0) is 54.7 Å². The molecule has 9 nitrogen and oxygen atoms in total. The van der Waals surface area contributed by atoms with E-state index in [0.717, 1.165) is 5.56 Å². The molecular weight excluding hydrogens is 474 g/mol. The molecule has 0 saturated heterocycles. The van der Waals surface area contributed by atoms with E-state index in [-0.39, 0.29) is 40.7 Å². The van der Waals surface area contributed by atoms with E-state index >= 15 is 0 Å². The lowest BCUT2D eigenvalue weighted by atomic mass is 9.60. The number of rotatable bonds is 5. The van der Waals surface area contributed by atoms with E-state index in [1.54, 1.807) is 7.05 Å². The highest BCUT2D eigenvalue weighted by atomic mass is 16.3. The van der Waals surface area contributed by atoms with E-state index in [2.05, 4.69) is 31.1 Å². The second-order valence-electron chi connectivity index (χ2n) is 11.5. The van der Waals surface area contributed by atoms with E-state index in [1.807, 2.05) is 13.0 Å². The Labute approximate surface area is 216 Å². The third-order valence-corrected chi connectivity index (χ3v) is 7.75. The normalized spacial score (nSPS) is 25.9. The van der Waals surface area contributed by atoms with E-state index < -0.39 is 40.7 Å². The minimum absolute atomic E-state index is 0.00587. The SMILES string of the molecule is C/N=C(\C)c1cc(CNCC(C)(C)C)c(O)c2c1CC1CC3CC=C(C(N)=O)C(=O)[C@@]3(O)C(O)=C1C2=O. The first kappa shape index (κ1) is 26.8. The number of allylic oxidation sites excluding steroid dienone is 2. The van der Waals surface area contributed by atoms with Gasteiger partial charge in [0, 0.05) is 42.9 Å². The molecule has 0 radical (unpaired) electrons. The number of nitrogens with zero attached hydrogens (tertiary/aromatic N) is 1. The molecule has 37 heavy (non-hydrogen) atoms. The quantitative estimate of drug-likeness (QED) is 0.300. The summed E-state index contributed by atoms with van der Waals surface area (Å²) in [5.74, 6) is -4.79. The number of aliphatic hydroxyl groups is 2. The molecule has 3 aliphatic rings. The van der Waals surface area contributed by atoms with Crippen LogP contribution in [0.15, 0.2) is 34.0 Å². The smallest absolute Gasteiger partial charge is 0.252 e. The molecule has 1 aromatic rings. The molecule has 1 amide bonds. The first-order valence-corrected chi connectivity index (χ1v) is 12.5. The zero-order valence-electron chi connectivity index (χ0n) is 21.9. The number of hydrogen-bond donors (Lipinski definition) is 5. The van der Waals surface area contributed by atoms with Gasteiger partial charge in [-0.3, -0.25) is 19.4 Å². The Hall–Kier alpha value is -3.30. The van der Waals surface area contributed by atoms with Gasteiger partial charge in [0.2, 0.25) is 5.78 Å². The van der Waals surface area contributed by atoms with Crippen LogP contribution >= 0.6 is 0 Å². The summed E-state index contributed by atoms with van der Waals surface area (Å²) in [7, 11) is 1.66. The zero-order chi connectivity index (χ0) is 27.4. The number of Topliss-reactive ketones (excluding diaryl/α,β-unsaturated/α-hetero) is 2. The van der Waals surface area contributed by atoms with Crippen LogP contribution in [0.2, 0.25) is 0 Å². The molecule has 9 heteroatoms. The van der Waals surface area contributed by atoms with Crippen LogP contribution in [0.25, 0.3) is 0 Å². The number of aromatic hydroxyl groups is 1. The summed E-state index contributed by atoms with van der Waals surface area (Å²) in [5.41, 5.74) is 5.04. The van der Waals surface area contributed by atoms with Crippen molar-refractivity contribution < 1.29 is 29.7 Å². The molecule has 6 N–H and O–H groups in total. The molecule has 198 valence electrons. The van der Waals surface area contributed by atoms with Gasteiger partial charge in [0.05, 0.1) is 11.1 Å². The molecule has 1 aromatic carbocycles. The van der Waals surface area contributed by atoms with Crippen LogP contribution < -0.4 is 11.1 Å². The fourth-order valence-corrected chi connectivity index (χ4v) is 5.79. The maximum Gasteiger partial charge on any atom is 0.252 e. The van der Waals surface area contributed by atoms with Gasteiger partial charge in [-0.2, -0.15) is 0 Å². The number of nitrogens with one attached hydrogen (secondary N) is 1. The Bertz CT molecular complexity index is 1300. The van der Waals surface area contributed by atoms with Crippen LogP contribution in [0.3, 0.4) is 0 Å². The Balaban J connectivity index is 1.86. The lowest BCUT2D eigenvalue weighted by Crippen LogP contribution is -2.56.